The Hall–Kier alpha value is -1.48. The first-order valence-electron chi connectivity index (χ1n) is 9.32. The van der Waals surface area contributed by atoms with E-state index in [1.807, 2.05) is 38.7 Å². The molecule has 152 valence electrons. The van der Waals surface area contributed by atoms with Gasteiger partial charge in [0.05, 0.1) is 24.7 Å². The third-order valence-electron chi connectivity index (χ3n) is 4.24. The lowest BCUT2D eigenvalue weighted by Gasteiger charge is -2.27. The van der Waals surface area contributed by atoms with Crippen molar-refractivity contribution in [3.8, 4) is 0 Å². The number of hydrogen-bond acceptors (Lipinski definition) is 5. The Bertz CT molecular complexity index is 738. The SMILES string of the molecule is CCN(CC(=O)NC(C)(C)C)Cc1cccc(S(=O)(=O)N2CCOCC2)c1. The van der Waals surface area contributed by atoms with Crippen molar-refractivity contribution in [2.75, 3.05) is 39.4 Å². The van der Waals surface area contributed by atoms with Gasteiger partial charge in [-0.3, -0.25) is 9.69 Å². The van der Waals surface area contributed by atoms with Gasteiger partial charge in [-0.05, 0) is 45.0 Å². The third-order valence-corrected chi connectivity index (χ3v) is 6.14. The number of ether oxygens (including phenoxy) is 1. The topological polar surface area (TPSA) is 79.0 Å². The Morgan fingerprint density at radius 2 is 1.93 bits per heavy atom. The summed E-state index contributed by atoms with van der Waals surface area (Å²) in [6.07, 6.45) is 0. The molecule has 1 saturated heterocycles. The van der Waals surface area contributed by atoms with Crippen molar-refractivity contribution in [2.45, 2.75) is 44.7 Å². The van der Waals surface area contributed by atoms with Crippen molar-refractivity contribution >= 4 is 15.9 Å². The summed E-state index contributed by atoms with van der Waals surface area (Å²) in [5, 5.41) is 2.95. The summed E-state index contributed by atoms with van der Waals surface area (Å²) >= 11 is 0. The highest BCUT2D eigenvalue weighted by Gasteiger charge is 2.26. The summed E-state index contributed by atoms with van der Waals surface area (Å²) < 4.78 is 32.3. The summed E-state index contributed by atoms with van der Waals surface area (Å²) in [5.74, 6) is -0.0403. The molecule has 1 aromatic rings. The molecule has 1 fully saturated rings. The molecule has 0 bridgehead atoms. The zero-order valence-electron chi connectivity index (χ0n) is 16.7. The van der Waals surface area contributed by atoms with Crippen molar-refractivity contribution in [2.24, 2.45) is 0 Å². The maximum absolute atomic E-state index is 12.8. The van der Waals surface area contributed by atoms with Gasteiger partial charge in [0.1, 0.15) is 0 Å². The Morgan fingerprint density at radius 3 is 2.52 bits per heavy atom. The number of rotatable bonds is 7. The smallest absolute Gasteiger partial charge is 0.243 e. The average Bonchev–Trinajstić information content (AvgIpc) is 2.60. The van der Waals surface area contributed by atoms with Gasteiger partial charge in [-0.15, -0.1) is 0 Å². The normalized spacial score (nSPS) is 16.5. The van der Waals surface area contributed by atoms with Crippen molar-refractivity contribution < 1.29 is 17.9 Å². The molecule has 0 spiro atoms. The first-order chi connectivity index (χ1) is 12.6. The van der Waals surface area contributed by atoms with E-state index in [0.29, 0.717) is 39.4 Å². The van der Waals surface area contributed by atoms with E-state index < -0.39 is 10.0 Å². The lowest BCUT2D eigenvalue weighted by atomic mass is 10.1. The Balaban J connectivity index is 2.08. The van der Waals surface area contributed by atoms with Crippen LogP contribution in [0.4, 0.5) is 0 Å². The summed E-state index contributed by atoms with van der Waals surface area (Å²) in [7, 11) is -3.52. The highest BCUT2D eigenvalue weighted by molar-refractivity contribution is 7.89. The molecule has 27 heavy (non-hydrogen) atoms. The third kappa shape index (κ3) is 6.57. The quantitative estimate of drug-likeness (QED) is 0.753. The van der Waals surface area contributed by atoms with Crippen molar-refractivity contribution in [1.82, 2.24) is 14.5 Å². The minimum Gasteiger partial charge on any atom is -0.379 e. The molecule has 0 aromatic heterocycles. The molecule has 0 unspecified atom stereocenters. The van der Waals surface area contributed by atoms with E-state index in [1.54, 1.807) is 18.2 Å². The number of nitrogens with one attached hydrogen (secondary N) is 1. The van der Waals surface area contributed by atoms with Gasteiger partial charge in [-0.1, -0.05) is 19.1 Å². The van der Waals surface area contributed by atoms with Crippen LogP contribution < -0.4 is 5.32 Å². The van der Waals surface area contributed by atoms with Crippen LogP contribution >= 0.6 is 0 Å². The molecule has 1 aliphatic rings. The summed E-state index contributed by atoms with van der Waals surface area (Å²) in [6, 6.07) is 6.97. The molecule has 0 aliphatic carbocycles. The van der Waals surface area contributed by atoms with Gasteiger partial charge in [0.15, 0.2) is 0 Å². The molecule has 0 atom stereocenters. The van der Waals surface area contributed by atoms with Gasteiger partial charge in [0.25, 0.3) is 0 Å². The van der Waals surface area contributed by atoms with E-state index in [1.165, 1.54) is 4.31 Å². The van der Waals surface area contributed by atoms with Gasteiger partial charge >= 0.3 is 0 Å². The van der Waals surface area contributed by atoms with Crippen LogP contribution in [0.5, 0.6) is 0 Å². The summed E-state index contributed by atoms with van der Waals surface area (Å²) in [4.78, 5) is 14.5. The van der Waals surface area contributed by atoms with Crippen LogP contribution in [0.25, 0.3) is 0 Å². The lowest BCUT2D eigenvalue weighted by Crippen LogP contribution is -2.45. The van der Waals surface area contributed by atoms with Crippen LogP contribution in [-0.2, 0) is 26.1 Å². The van der Waals surface area contributed by atoms with Crippen LogP contribution in [-0.4, -0.2) is 68.5 Å². The summed E-state index contributed by atoms with van der Waals surface area (Å²) in [5.41, 5.74) is 0.595. The standard InChI is InChI=1S/C19H31N3O4S/c1-5-21(15-18(23)20-19(2,3)4)14-16-7-6-8-17(13-16)27(24,25)22-9-11-26-12-10-22/h6-8,13H,5,9-12,14-15H2,1-4H3,(H,20,23). The number of morpholine rings is 1. The molecule has 0 radical (unpaired) electrons. The van der Waals surface area contributed by atoms with Gasteiger partial charge < -0.3 is 10.1 Å². The minimum absolute atomic E-state index is 0.0403. The molecule has 1 amide bonds. The van der Waals surface area contributed by atoms with E-state index >= 15 is 0 Å². The number of carbonyl (C=O) groups is 1. The number of benzene rings is 1. The van der Waals surface area contributed by atoms with Crippen LogP contribution in [0.1, 0.15) is 33.3 Å². The fraction of sp³-hybridized carbons (Fsp3) is 0.632. The van der Waals surface area contributed by atoms with Crippen LogP contribution in [0.15, 0.2) is 29.2 Å². The van der Waals surface area contributed by atoms with Crippen LogP contribution in [0.3, 0.4) is 0 Å². The fourth-order valence-electron chi connectivity index (χ4n) is 2.94. The second kappa shape index (κ2) is 9.14. The molecule has 1 aliphatic heterocycles. The molecule has 1 heterocycles. The predicted molar refractivity (Wildman–Crippen MR) is 105 cm³/mol. The highest BCUT2D eigenvalue weighted by Crippen LogP contribution is 2.19. The maximum Gasteiger partial charge on any atom is 0.243 e. The Morgan fingerprint density at radius 1 is 1.26 bits per heavy atom. The minimum atomic E-state index is -3.52. The second-order valence-electron chi connectivity index (χ2n) is 7.77. The number of sulfonamides is 1. The van der Waals surface area contributed by atoms with E-state index in [4.69, 9.17) is 4.74 Å². The zero-order chi connectivity index (χ0) is 20.1. The Labute approximate surface area is 162 Å². The van der Waals surface area contributed by atoms with Gasteiger partial charge in [0.2, 0.25) is 15.9 Å². The van der Waals surface area contributed by atoms with E-state index in [9.17, 15) is 13.2 Å². The maximum atomic E-state index is 12.8. The lowest BCUT2D eigenvalue weighted by molar-refractivity contribution is -0.123. The van der Waals surface area contributed by atoms with Gasteiger partial charge in [-0.25, -0.2) is 8.42 Å². The monoisotopic (exact) mass is 397 g/mol. The largest absolute Gasteiger partial charge is 0.379 e. The number of nitrogens with zero attached hydrogens (tertiary/aromatic N) is 2. The van der Waals surface area contributed by atoms with Gasteiger partial charge in [-0.2, -0.15) is 4.31 Å². The molecule has 2 rings (SSSR count). The molecule has 1 N–H and O–H groups in total. The molecular formula is C19H31N3O4S. The molecule has 1 aromatic carbocycles. The van der Waals surface area contributed by atoms with E-state index in [0.717, 1.165) is 5.56 Å². The molecular weight excluding hydrogens is 366 g/mol. The number of likely N-dealkylation sites (N-methyl/N-ethyl adjacent to an activating group) is 1. The molecule has 8 heteroatoms. The average molecular weight is 398 g/mol. The first kappa shape index (κ1) is 21.8. The molecule has 7 nitrogen and oxygen atoms in total. The fourth-order valence-corrected chi connectivity index (χ4v) is 4.42. The highest BCUT2D eigenvalue weighted by atomic mass is 32.2. The zero-order valence-corrected chi connectivity index (χ0v) is 17.5. The van der Waals surface area contributed by atoms with Crippen molar-refractivity contribution in [1.29, 1.82) is 0 Å². The van der Waals surface area contributed by atoms with E-state index in [-0.39, 0.29) is 22.9 Å². The summed E-state index contributed by atoms with van der Waals surface area (Å²) in [6.45, 7) is 10.9. The van der Waals surface area contributed by atoms with Crippen LogP contribution in [0.2, 0.25) is 0 Å². The number of hydrogen-bond donors (Lipinski definition) is 1. The molecule has 0 saturated carbocycles. The predicted octanol–water partition coefficient (Wildman–Crippen LogP) is 1.44. The second-order valence-corrected chi connectivity index (χ2v) is 9.70. The van der Waals surface area contributed by atoms with Crippen molar-refractivity contribution in [3.05, 3.63) is 29.8 Å². The first-order valence-corrected chi connectivity index (χ1v) is 10.8. The van der Waals surface area contributed by atoms with E-state index in [2.05, 4.69) is 5.32 Å². The van der Waals surface area contributed by atoms with Gasteiger partial charge in [0, 0.05) is 25.2 Å². The van der Waals surface area contributed by atoms with Crippen molar-refractivity contribution in [3.63, 3.8) is 0 Å². The number of carbonyl (C=O) groups excluding carboxylic acids is 1. The Kier molecular flexibility index (Phi) is 7.39. The number of amides is 1. The van der Waals surface area contributed by atoms with Crippen LogP contribution in [0, 0.1) is 0 Å².